The summed E-state index contributed by atoms with van der Waals surface area (Å²) in [7, 11) is 0. The molecular formula is C9H11N3S. The van der Waals surface area contributed by atoms with Crippen LogP contribution in [0.4, 0.5) is 5.82 Å². The van der Waals surface area contributed by atoms with Gasteiger partial charge in [0.15, 0.2) is 0 Å². The molecule has 0 aliphatic carbocycles. The fraction of sp³-hybridized carbons (Fsp3) is 0.222. The molecule has 0 amide bonds. The minimum Gasteiger partial charge on any atom is -0.382 e. The van der Waals surface area contributed by atoms with Gasteiger partial charge in [-0.2, -0.15) is 16.4 Å². The standard InChI is InChI=1S/C9H11N3S/c10-9-2-5-12(11-9)4-1-8-3-6-13-7-8/h2-3,5-7H,1,4H2,(H2,10,11). The molecule has 68 valence electrons. The largest absolute Gasteiger partial charge is 0.382 e. The van der Waals surface area contributed by atoms with Crippen LogP contribution >= 0.6 is 11.3 Å². The highest BCUT2D eigenvalue weighted by Crippen LogP contribution is 2.07. The average Bonchev–Trinajstić information content (AvgIpc) is 2.71. The molecule has 2 N–H and O–H groups in total. The molecule has 2 aromatic heterocycles. The predicted molar refractivity (Wildman–Crippen MR) is 54.7 cm³/mol. The summed E-state index contributed by atoms with van der Waals surface area (Å²) in [4.78, 5) is 0. The number of aryl methyl sites for hydroxylation is 2. The van der Waals surface area contributed by atoms with Gasteiger partial charge < -0.3 is 5.73 Å². The molecule has 0 aliphatic heterocycles. The molecule has 0 atom stereocenters. The predicted octanol–water partition coefficient (Wildman–Crippen LogP) is 1.77. The zero-order chi connectivity index (χ0) is 9.10. The molecular weight excluding hydrogens is 182 g/mol. The van der Waals surface area contributed by atoms with Crippen molar-refractivity contribution in [2.24, 2.45) is 0 Å². The van der Waals surface area contributed by atoms with Gasteiger partial charge in [0.25, 0.3) is 0 Å². The molecule has 3 nitrogen and oxygen atoms in total. The van der Waals surface area contributed by atoms with Gasteiger partial charge in [0.05, 0.1) is 0 Å². The van der Waals surface area contributed by atoms with E-state index in [2.05, 4.69) is 21.9 Å². The summed E-state index contributed by atoms with van der Waals surface area (Å²) < 4.78 is 1.87. The summed E-state index contributed by atoms with van der Waals surface area (Å²) >= 11 is 1.73. The van der Waals surface area contributed by atoms with Crippen molar-refractivity contribution in [2.45, 2.75) is 13.0 Å². The average molecular weight is 193 g/mol. The van der Waals surface area contributed by atoms with E-state index in [4.69, 9.17) is 5.73 Å². The monoisotopic (exact) mass is 193 g/mol. The van der Waals surface area contributed by atoms with Crippen molar-refractivity contribution in [1.29, 1.82) is 0 Å². The van der Waals surface area contributed by atoms with Crippen molar-refractivity contribution in [3.05, 3.63) is 34.7 Å². The molecule has 0 unspecified atom stereocenters. The minimum absolute atomic E-state index is 0.588. The highest BCUT2D eigenvalue weighted by atomic mass is 32.1. The molecule has 2 heterocycles. The van der Waals surface area contributed by atoms with Crippen molar-refractivity contribution < 1.29 is 0 Å². The van der Waals surface area contributed by atoms with Crippen LogP contribution in [0.5, 0.6) is 0 Å². The Morgan fingerprint density at radius 2 is 2.38 bits per heavy atom. The van der Waals surface area contributed by atoms with E-state index in [0.717, 1.165) is 13.0 Å². The van der Waals surface area contributed by atoms with Gasteiger partial charge in [0, 0.05) is 12.7 Å². The molecule has 0 bridgehead atoms. The number of aromatic nitrogens is 2. The van der Waals surface area contributed by atoms with E-state index in [0.29, 0.717) is 5.82 Å². The summed E-state index contributed by atoms with van der Waals surface area (Å²) in [6.07, 6.45) is 2.92. The fourth-order valence-corrected chi connectivity index (χ4v) is 1.88. The Bertz CT molecular complexity index is 364. The van der Waals surface area contributed by atoms with E-state index in [1.165, 1.54) is 5.56 Å². The number of thiophene rings is 1. The normalized spacial score (nSPS) is 10.5. The molecule has 0 saturated carbocycles. The van der Waals surface area contributed by atoms with Gasteiger partial charge in [-0.3, -0.25) is 4.68 Å². The lowest BCUT2D eigenvalue weighted by atomic mass is 10.2. The Hall–Kier alpha value is -1.29. The molecule has 0 spiro atoms. The first-order valence-corrected chi connectivity index (χ1v) is 5.09. The molecule has 0 aliphatic rings. The smallest absolute Gasteiger partial charge is 0.145 e. The van der Waals surface area contributed by atoms with E-state index >= 15 is 0 Å². The van der Waals surface area contributed by atoms with Gasteiger partial charge in [-0.05, 0) is 34.9 Å². The number of hydrogen-bond acceptors (Lipinski definition) is 3. The highest BCUT2D eigenvalue weighted by Gasteiger charge is 1.96. The maximum atomic E-state index is 5.50. The zero-order valence-electron chi connectivity index (χ0n) is 7.18. The summed E-state index contributed by atoms with van der Waals surface area (Å²) in [5, 5.41) is 8.36. The molecule has 0 aromatic carbocycles. The maximum absolute atomic E-state index is 5.50. The molecule has 4 heteroatoms. The molecule has 0 fully saturated rings. The third kappa shape index (κ3) is 2.09. The van der Waals surface area contributed by atoms with E-state index in [1.54, 1.807) is 11.3 Å². The molecule has 13 heavy (non-hydrogen) atoms. The summed E-state index contributed by atoms with van der Waals surface area (Å²) in [5.41, 5.74) is 6.86. The van der Waals surface area contributed by atoms with Crippen LogP contribution in [0.2, 0.25) is 0 Å². The van der Waals surface area contributed by atoms with Crippen LogP contribution in [0.25, 0.3) is 0 Å². The Kier molecular flexibility index (Phi) is 2.31. The van der Waals surface area contributed by atoms with Gasteiger partial charge in [0.2, 0.25) is 0 Å². The van der Waals surface area contributed by atoms with Crippen LogP contribution < -0.4 is 5.73 Å². The van der Waals surface area contributed by atoms with Crippen LogP contribution in [-0.4, -0.2) is 9.78 Å². The lowest BCUT2D eigenvalue weighted by Crippen LogP contribution is -2.01. The first-order valence-electron chi connectivity index (χ1n) is 4.14. The number of anilines is 1. The third-order valence-electron chi connectivity index (χ3n) is 1.87. The second-order valence-electron chi connectivity index (χ2n) is 2.89. The summed E-state index contributed by atoms with van der Waals surface area (Å²) in [5.74, 6) is 0.588. The molecule has 0 saturated heterocycles. The van der Waals surface area contributed by atoms with Crippen LogP contribution in [-0.2, 0) is 13.0 Å². The van der Waals surface area contributed by atoms with Crippen molar-refractivity contribution in [3.8, 4) is 0 Å². The van der Waals surface area contributed by atoms with Crippen molar-refractivity contribution >= 4 is 17.2 Å². The Morgan fingerprint density at radius 3 is 3.00 bits per heavy atom. The summed E-state index contributed by atoms with van der Waals surface area (Å²) in [6.45, 7) is 0.897. The van der Waals surface area contributed by atoms with Gasteiger partial charge in [-0.25, -0.2) is 0 Å². The van der Waals surface area contributed by atoms with E-state index in [1.807, 2.05) is 16.9 Å². The zero-order valence-corrected chi connectivity index (χ0v) is 8.00. The Balaban J connectivity index is 1.93. The van der Waals surface area contributed by atoms with E-state index in [9.17, 15) is 0 Å². The second-order valence-corrected chi connectivity index (χ2v) is 3.67. The number of rotatable bonds is 3. The Labute approximate surface area is 80.8 Å². The van der Waals surface area contributed by atoms with Crippen LogP contribution in [0.3, 0.4) is 0 Å². The third-order valence-corrected chi connectivity index (χ3v) is 2.60. The topological polar surface area (TPSA) is 43.8 Å². The first kappa shape index (κ1) is 8.31. The van der Waals surface area contributed by atoms with Gasteiger partial charge in [0.1, 0.15) is 5.82 Å². The van der Waals surface area contributed by atoms with Crippen molar-refractivity contribution in [2.75, 3.05) is 5.73 Å². The molecule has 2 rings (SSSR count). The van der Waals surface area contributed by atoms with Gasteiger partial charge in [-0.1, -0.05) is 0 Å². The van der Waals surface area contributed by atoms with Gasteiger partial charge in [-0.15, -0.1) is 0 Å². The number of nitrogens with zero attached hydrogens (tertiary/aromatic N) is 2. The van der Waals surface area contributed by atoms with Crippen LogP contribution in [0.15, 0.2) is 29.1 Å². The first-order chi connectivity index (χ1) is 6.34. The molecule has 0 radical (unpaired) electrons. The lowest BCUT2D eigenvalue weighted by molar-refractivity contribution is 0.618. The van der Waals surface area contributed by atoms with Crippen molar-refractivity contribution in [3.63, 3.8) is 0 Å². The van der Waals surface area contributed by atoms with Crippen molar-refractivity contribution in [1.82, 2.24) is 9.78 Å². The van der Waals surface area contributed by atoms with E-state index in [-0.39, 0.29) is 0 Å². The fourth-order valence-electron chi connectivity index (χ4n) is 1.18. The van der Waals surface area contributed by atoms with E-state index < -0.39 is 0 Å². The second kappa shape index (κ2) is 3.62. The maximum Gasteiger partial charge on any atom is 0.145 e. The number of nitrogen functional groups attached to an aromatic ring is 1. The van der Waals surface area contributed by atoms with Crippen LogP contribution in [0.1, 0.15) is 5.56 Å². The summed E-state index contributed by atoms with van der Waals surface area (Å²) in [6, 6.07) is 3.95. The number of hydrogen-bond donors (Lipinski definition) is 1. The van der Waals surface area contributed by atoms with Gasteiger partial charge >= 0.3 is 0 Å². The SMILES string of the molecule is Nc1ccn(CCc2ccsc2)n1. The highest BCUT2D eigenvalue weighted by molar-refractivity contribution is 7.07. The minimum atomic E-state index is 0.588. The Morgan fingerprint density at radius 1 is 1.46 bits per heavy atom. The lowest BCUT2D eigenvalue weighted by Gasteiger charge is -1.98. The molecule has 2 aromatic rings. The number of nitrogens with two attached hydrogens (primary N) is 1. The van der Waals surface area contributed by atoms with Crippen LogP contribution in [0, 0.1) is 0 Å². The quantitative estimate of drug-likeness (QED) is 0.807.